The Labute approximate surface area is 97.9 Å². The Morgan fingerprint density at radius 3 is 2.71 bits per heavy atom. The summed E-state index contributed by atoms with van der Waals surface area (Å²) in [5.74, 6) is -0.927. The standard InChI is InChI=1S/C12H14N2O3/c1-3-14-12(17)11-8(7-10(15)16)5-4-6-9(11)13(14)2/h4-6H,3,7H2,1-2H3,(H,15,16). The number of carbonyl (C=O) groups is 1. The third kappa shape index (κ3) is 1.73. The molecule has 1 N–H and O–H groups in total. The highest BCUT2D eigenvalue weighted by molar-refractivity contribution is 5.86. The van der Waals surface area contributed by atoms with Crippen LogP contribution in [0.15, 0.2) is 23.0 Å². The van der Waals surface area contributed by atoms with E-state index in [4.69, 9.17) is 5.11 Å². The molecule has 90 valence electrons. The van der Waals surface area contributed by atoms with E-state index in [0.29, 0.717) is 17.5 Å². The van der Waals surface area contributed by atoms with Gasteiger partial charge in [-0.2, -0.15) is 0 Å². The number of fused-ring (bicyclic) bond motifs is 1. The van der Waals surface area contributed by atoms with Gasteiger partial charge in [0.25, 0.3) is 5.56 Å². The van der Waals surface area contributed by atoms with Crippen molar-refractivity contribution in [3.8, 4) is 0 Å². The second kappa shape index (κ2) is 4.08. The highest BCUT2D eigenvalue weighted by atomic mass is 16.4. The van der Waals surface area contributed by atoms with Crippen molar-refractivity contribution < 1.29 is 9.90 Å². The molecule has 2 aromatic rings. The van der Waals surface area contributed by atoms with Crippen LogP contribution in [0.25, 0.3) is 10.9 Å². The van der Waals surface area contributed by atoms with E-state index in [1.165, 1.54) is 0 Å². The van der Waals surface area contributed by atoms with Gasteiger partial charge in [0, 0.05) is 13.6 Å². The van der Waals surface area contributed by atoms with E-state index in [0.717, 1.165) is 5.52 Å². The van der Waals surface area contributed by atoms with Crippen molar-refractivity contribution in [3.05, 3.63) is 34.1 Å². The second-order valence-electron chi connectivity index (χ2n) is 3.93. The predicted octanol–water partition coefficient (Wildman–Crippen LogP) is 0.987. The van der Waals surface area contributed by atoms with Gasteiger partial charge >= 0.3 is 5.97 Å². The summed E-state index contributed by atoms with van der Waals surface area (Å²) in [5, 5.41) is 9.35. The number of rotatable bonds is 3. The topological polar surface area (TPSA) is 64.2 Å². The number of benzene rings is 1. The molecule has 0 radical (unpaired) electrons. The van der Waals surface area contributed by atoms with Gasteiger partial charge in [0.2, 0.25) is 0 Å². The highest BCUT2D eigenvalue weighted by Gasteiger charge is 2.14. The molecular formula is C12H14N2O3. The van der Waals surface area contributed by atoms with Crippen LogP contribution in [0.1, 0.15) is 12.5 Å². The van der Waals surface area contributed by atoms with E-state index in [-0.39, 0.29) is 12.0 Å². The number of aliphatic carboxylic acids is 1. The lowest BCUT2D eigenvalue weighted by Crippen LogP contribution is -2.20. The average molecular weight is 234 g/mol. The number of nitrogens with zero attached hydrogens (tertiary/aromatic N) is 2. The average Bonchev–Trinajstić information content (AvgIpc) is 2.52. The van der Waals surface area contributed by atoms with Crippen molar-refractivity contribution in [2.24, 2.45) is 7.05 Å². The molecule has 0 bridgehead atoms. The molecule has 0 saturated heterocycles. The maximum Gasteiger partial charge on any atom is 0.307 e. The van der Waals surface area contributed by atoms with E-state index in [9.17, 15) is 9.59 Å². The third-order valence-electron chi connectivity index (χ3n) is 2.93. The lowest BCUT2D eigenvalue weighted by atomic mass is 10.1. The van der Waals surface area contributed by atoms with Crippen molar-refractivity contribution in [2.45, 2.75) is 19.9 Å². The number of aromatic nitrogens is 2. The zero-order valence-electron chi connectivity index (χ0n) is 9.80. The number of carboxylic acid groups (broad SMARTS) is 1. The molecule has 0 aliphatic heterocycles. The Kier molecular flexibility index (Phi) is 2.75. The van der Waals surface area contributed by atoms with Gasteiger partial charge < -0.3 is 5.11 Å². The summed E-state index contributed by atoms with van der Waals surface area (Å²) in [4.78, 5) is 22.9. The van der Waals surface area contributed by atoms with Crippen LogP contribution in [0.3, 0.4) is 0 Å². The van der Waals surface area contributed by atoms with Crippen molar-refractivity contribution in [1.82, 2.24) is 9.36 Å². The molecule has 5 heteroatoms. The molecule has 0 amide bonds. The van der Waals surface area contributed by atoms with Crippen LogP contribution in [-0.4, -0.2) is 20.4 Å². The molecule has 0 spiro atoms. The molecule has 0 atom stereocenters. The smallest absolute Gasteiger partial charge is 0.307 e. The molecule has 0 aliphatic carbocycles. The van der Waals surface area contributed by atoms with Crippen LogP contribution < -0.4 is 5.56 Å². The first-order chi connectivity index (χ1) is 8.06. The summed E-state index contributed by atoms with van der Waals surface area (Å²) in [6.07, 6.45) is -0.125. The van der Waals surface area contributed by atoms with Crippen LogP contribution in [0.5, 0.6) is 0 Å². The molecule has 5 nitrogen and oxygen atoms in total. The number of hydrogen-bond acceptors (Lipinski definition) is 2. The molecule has 1 heterocycles. The number of hydrogen-bond donors (Lipinski definition) is 1. The molecule has 0 unspecified atom stereocenters. The van der Waals surface area contributed by atoms with E-state index >= 15 is 0 Å². The summed E-state index contributed by atoms with van der Waals surface area (Å²) in [6.45, 7) is 2.45. The molecule has 2 rings (SSSR count). The Hall–Kier alpha value is -2.04. The fourth-order valence-electron chi connectivity index (χ4n) is 2.16. The summed E-state index contributed by atoms with van der Waals surface area (Å²) < 4.78 is 3.36. The molecule has 1 aromatic heterocycles. The summed E-state index contributed by atoms with van der Waals surface area (Å²) in [5.41, 5.74) is 1.22. The maximum atomic E-state index is 12.1. The van der Waals surface area contributed by atoms with Gasteiger partial charge in [-0.15, -0.1) is 0 Å². The first-order valence-electron chi connectivity index (χ1n) is 5.45. The lowest BCUT2D eigenvalue weighted by Gasteiger charge is -2.03. The minimum Gasteiger partial charge on any atom is -0.481 e. The van der Waals surface area contributed by atoms with Gasteiger partial charge in [-0.1, -0.05) is 12.1 Å². The normalized spacial score (nSPS) is 10.9. The maximum absolute atomic E-state index is 12.1. The van der Waals surface area contributed by atoms with Gasteiger partial charge in [-0.3, -0.25) is 19.0 Å². The van der Waals surface area contributed by atoms with Crippen LogP contribution in [0.2, 0.25) is 0 Å². The highest BCUT2D eigenvalue weighted by Crippen LogP contribution is 2.16. The van der Waals surface area contributed by atoms with Crippen molar-refractivity contribution in [3.63, 3.8) is 0 Å². The molecule has 1 aromatic carbocycles. The molecule has 0 saturated carbocycles. The Balaban J connectivity index is 2.80. The fourth-order valence-corrected chi connectivity index (χ4v) is 2.16. The minimum absolute atomic E-state index is 0.123. The molecule has 0 aliphatic rings. The van der Waals surface area contributed by atoms with Crippen molar-refractivity contribution in [2.75, 3.05) is 0 Å². The Bertz CT molecular complexity index is 637. The first kappa shape index (κ1) is 11.4. The van der Waals surface area contributed by atoms with E-state index in [1.807, 2.05) is 13.0 Å². The molecule has 17 heavy (non-hydrogen) atoms. The number of carboxylic acids is 1. The Morgan fingerprint density at radius 2 is 2.12 bits per heavy atom. The van der Waals surface area contributed by atoms with Gasteiger partial charge in [0.15, 0.2) is 0 Å². The monoisotopic (exact) mass is 234 g/mol. The van der Waals surface area contributed by atoms with Crippen molar-refractivity contribution >= 4 is 16.9 Å². The SMILES string of the molecule is CCn1c(=O)c2c(CC(=O)O)cccc2n1C. The number of aryl methyl sites for hydroxylation is 1. The minimum atomic E-state index is -0.927. The lowest BCUT2D eigenvalue weighted by molar-refractivity contribution is -0.136. The van der Waals surface area contributed by atoms with Gasteiger partial charge in [0.1, 0.15) is 0 Å². The predicted molar refractivity (Wildman–Crippen MR) is 64.2 cm³/mol. The second-order valence-corrected chi connectivity index (χ2v) is 3.93. The van der Waals surface area contributed by atoms with Gasteiger partial charge in [0.05, 0.1) is 17.3 Å². The van der Waals surface area contributed by atoms with Crippen LogP contribution in [-0.2, 0) is 24.8 Å². The van der Waals surface area contributed by atoms with Crippen LogP contribution in [0.4, 0.5) is 0 Å². The van der Waals surface area contributed by atoms with E-state index in [2.05, 4.69) is 0 Å². The van der Waals surface area contributed by atoms with E-state index < -0.39 is 5.97 Å². The summed E-state index contributed by atoms with van der Waals surface area (Å²) in [6, 6.07) is 5.30. The van der Waals surface area contributed by atoms with E-state index in [1.54, 1.807) is 28.5 Å². The summed E-state index contributed by atoms with van der Waals surface area (Å²) >= 11 is 0. The largest absolute Gasteiger partial charge is 0.481 e. The van der Waals surface area contributed by atoms with Crippen LogP contribution in [0, 0.1) is 0 Å². The quantitative estimate of drug-likeness (QED) is 0.861. The molecule has 0 fully saturated rings. The molecular weight excluding hydrogens is 220 g/mol. The van der Waals surface area contributed by atoms with Crippen molar-refractivity contribution in [1.29, 1.82) is 0 Å². The zero-order chi connectivity index (χ0) is 12.6. The zero-order valence-corrected chi connectivity index (χ0v) is 9.80. The van der Waals surface area contributed by atoms with Crippen LogP contribution >= 0.6 is 0 Å². The summed E-state index contributed by atoms with van der Waals surface area (Å²) in [7, 11) is 1.80. The first-order valence-corrected chi connectivity index (χ1v) is 5.45. The van der Waals surface area contributed by atoms with Gasteiger partial charge in [-0.05, 0) is 18.6 Å². The fraction of sp³-hybridized carbons (Fsp3) is 0.333. The third-order valence-corrected chi connectivity index (χ3v) is 2.93. The Morgan fingerprint density at radius 1 is 1.41 bits per heavy atom. The van der Waals surface area contributed by atoms with Gasteiger partial charge in [-0.25, -0.2) is 0 Å².